The summed E-state index contributed by atoms with van der Waals surface area (Å²) in [4.78, 5) is 0. The minimum absolute atomic E-state index is 0.0410. The quantitative estimate of drug-likeness (QED) is 0.248. The first kappa shape index (κ1) is 25.5. The molecule has 8 rings (SSSR count). The van der Waals surface area contributed by atoms with Gasteiger partial charge in [0.15, 0.2) is 0 Å². The number of aryl methyl sites for hydroxylation is 2. The third-order valence-electron chi connectivity index (χ3n) is 9.42. The topological polar surface area (TPSA) is 18.5 Å². The van der Waals surface area contributed by atoms with E-state index in [-0.39, 0.29) is 12.2 Å². The Bertz CT molecular complexity index is 1660. The molecule has 0 radical (unpaired) electrons. The minimum Gasteiger partial charge on any atom is -0.364 e. The van der Waals surface area contributed by atoms with E-state index < -0.39 is 0 Å². The van der Waals surface area contributed by atoms with Gasteiger partial charge in [-0.2, -0.15) is 0 Å². The van der Waals surface area contributed by atoms with Gasteiger partial charge in [0.25, 0.3) is 0 Å². The molecule has 2 atom stereocenters. The summed E-state index contributed by atoms with van der Waals surface area (Å²) < 4.78 is 13.4. The van der Waals surface area contributed by atoms with Crippen LogP contribution in [0.3, 0.4) is 0 Å². The van der Waals surface area contributed by atoms with E-state index in [0.717, 1.165) is 12.8 Å². The van der Waals surface area contributed by atoms with Gasteiger partial charge < -0.3 is 9.47 Å². The van der Waals surface area contributed by atoms with Crippen molar-refractivity contribution in [1.29, 1.82) is 0 Å². The van der Waals surface area contributed by atoms with E-state index in [4.69, 9.17) is 9.47 Å². The minimum atomic E-state index is -0.0410. The molecule has 42 heavy (non-hydrogen) atoms. The molecule has 0 amide bonds. The van der Waals surface area contributed by atoms with Crippen LogP contribution in [0.15, 0.2) is 143 Å². The fraction of sp³-hybridized carbons (Fsp3) is 0.200. The maximum Gasteiger partial charge on any atom is 0.109 e. The molecule has 2 heteroatoms. The van der Waals surface area contributed by atoms with Gasteiger partial charge in [0.1, 0.15) is 12.2 Å². The van der Waals surface area contributed by atoms with Crippen molar-refractivity contribution < 1.29 is 9.47 Å². The summed E-state index contributed by atoms with van der Waals surface area (Å²) in [7, 11) is 0. The van der Waals surface area contributed by atoms with E-state index in [0.29, 0.717) is 13.2 Å². The average Bonchev–Trinajstić information content (AvgIpc) is 3.01. The molecule has 2 nitrogen and oxygen atoms in total. The SMILES string of the molecule is Cc1ccc(C2OCC3=C(C4=C5COC(c6ccc(C)cc6)C(c6ccccc6)=C5C4)CC3=C2c2ccccc2)cc1. The van der Waals surface area contributed by atoms with E-state index in [1.807, 2.05) is 0 Å². The summed E-state index contributed by atoms with van der Waals surface area (Å²) in [5.74, 6) is 0. The van der Waals surface area contributed by atoms with E-state index in [1.54, 1.807) is 0 Å². The Balaban J connectivity index is 1.22. The fourth-order valence-electron chi connectivity index (χ4n) is 7.08. The van der Waals surface area contributed by atoms with Crippen molar-refractivity contribution >= 4 is 11.1 Å². The summed E-state index contributed by atoms with van der Waals surface area (Å²) in [5, 5.41) is 0. The molecule has 2 heterocycles. The van der Waals surface area contributed by atoms with E-state index in [9.17, 15) is 0 Å². The van der Waals surface area contributed by atoms with Crippen molar-refractivity contribution in [2.45, 2.75) is 38.9 Å². The molecule has 2 aliphatic carbocycles. The Morgan fingerprint density at radius 1 is 0.429 bits per heavy atom. The number of hydrogen-bond acceptors (Lipinski definition) is 2. The second-order valence-electron chi connectivity index (χ2n) is 12.0. The lowest BCUT2D eigenvalue weighted by Gasteiger charge is -2.44. The zero-order valence-corrected chi connectivity index (χ0v) is 24.2. The smallest absolute Gasteiger partial charge is 0.109 e. The normalized spacial score (nSPS) is 21.6. The number of ether oxygens (including phenoxy) is 2. The third-order valence-corrected chi connectivity index (χ3v) is 9.42. The molecule has 206 valence electrons. The number of rotatable bonds is 5. The first-order valence-corrected chi connectivity index (χ1v) is 15.0. The molecule has 4 aromatic carbocycles. The number of hydrogen-bond donors (Lipinski definition) is 0. The van der Waals surface area contributed by atoms with Crippen LogP contribution in [-0.4, -0.2) is 13.2 Å². The summed E-state index contributed by atoms with van der Waals surface area (Å²) >= 11 is 0. The van der Waals surface area contributed by atoms with Crippen molar-refractivity contribution in [2.24, 2.45) is 0 Å². The highest BCUT2D eigenvalue weighted by atomic mass is 16.5. The summed E-state index contributed by atoms with van der Waals surface area (Å²) in [5.41, 5.74) is 18.8. The third kappa shape index (κ3) is 4.17. The second-order valence-corrected chi connectivity index (χ2v) is 12.0. The van der Waals surface area contributed by atoms with Crippen molar-refractivity contribution in [1.82, 2.24) is 0 Å². The zero-order chi connectivity index (χ0) is 28.2. The standard InChI is InChI=1S/C40H34O2/c1-25-13-17-29(18-14-25)39-37(27-9-5-3-6-10-27)33-21-31(35(33)23-41-39)32-22-34-36(32)24-42-40(30-19-15-26(2)16-20-30)38(34)28-11-7-4-8-12-28/h3-20,39-40H,21-24H2,1-2H3. The molecule has 2 aliphatic heterocycles. The van der Waals surface area contributed by atoms with Gasteiger partial charge in [-0.05, 0) is 93.5 Å². The molecule has 0 spiro atoms. The van der Waals surface area contributed by atoms with Crippen LogP contribution in [0.4, 0.5) is 0 Å². The number of benzene rings is 4. The molecule has 0 aromatic heterocycles. The molecule has 0 fully saturated rings. The largest absolute Gasteiger partial charge is 0.364 e. The Morgan fingerprint density at radius 2 is 0.810 bits per heavy atom. The van der Waals surface area contributed by atoms with Gasteiger partial charge in [0.2, 0.25) is 0 Å². The van der Waals surface area contributed by atoms with Gasteiger partial charge in [-0.1, -0.05) is 120 Å². The van der Waals surface area contributed by atoms with Gasteiger partial charge in [-0.3, -0.25) is 0 Å². The van der Waals surface area contributed by atoms with Crippen LogP contribution in [0.25, 0.3) is 11.1 Å². The van der Waals surface area contributed by atoms with Gasteiger partial charge in [0, 0.05) is 0 Å². The molecule has 0 saturated carbocycles. The van der Waals surface area contributed by atoms with Gasteiger partial charge in [-0.15, -0.1) is 0 Å². The molecule has 4 aromatic rings. The molecule has 0 N–H and O–H groups in total. The molecule has 0 saturated heterocycles. The van der Waals surface area contributed by atoms with E-state index in [2.05, 4.69) is 123 Å². The Labute approximate surface area is 248 Å². The highest BCUT2D eigenvalue weighted by Crippen LogP contribution is 2.57. The highest BCUT2D eigenvalue weighted by molar-refractivity contribution is 5.86. The molecular formula is C40H34O2. The van der Waals surface area contributed by atoms with Crippen LogP contribution < -0.4 is 0 Å². The maximum absolute atomic E-state index is 6.68. The van der Waals surface area contributed by atoms with E-state index in [1.165, 1.54) is 78.0 Å². The van der Waals surface area contributed by atoms with E-state index >= 15 is 0 Å². The van der Waals surface area contributed by atoms with Crippen LogP contribution in [-0.2, 0) is 9.47 Å². The predicted octanol–water partition coefficient (Wildman–Crippen LogP) is 9.45. The van der Waals surface area contributed by atoms with Crippen molar-refractivity contribution in [3.05, 3.63) is 176 Å². The monoisotopic (exact) mass is 546 g/mol. The van der Waals surface area contributed by atoms with Crippen molar-refractivity contribution in [2.75, 3.05) is 13.2 Å². The predicted molar refractivity (Wildman–Crippen MR) is 170 cm³/mol. The molecular weight excluding hydrogens is 512 g/mol. The molecule has 4 aliphatic rings. The van der Waals surface area contributed by atoms with Crippen molar-refractivity contribution in [3.63, 3.8) is 0 Å². The zero-order valence-electron chi connectivity index (χ0n) is 24.2. The number of allylic oxidation sites excluding steroid dienone is 2. The van der Waals surface area contributed by atoms with Crippen LogP contribution >= 0.6 is 0 Å². The lowest BCUT2D eigenvalue weighted by atomic mass is 9.65. The highest BCUT2D eigenvalue weighted by Gasteiger charge is 2.42. The fourth-order valence-corrected chi connectivity index (χ4v) is 7.08. The van der Waals surface area contributed by atoms with Crippen LogP contribution in [0.1, 0.15) is 58.4 Å². The lowest BCUT2D eigenvalue weighted by Crippen LogP contribution is -2.30. The van der Waals surface area contributed by atoms with Crippen LogP contribution in [0.5, 0.6) is 0 Å². The first-order valence-electron chi connectivity index (χ1n) is 15.0. The Kier molecular flexibility index (Phi) is 6.21. The van der Waals surface area contributed by atoms with Crippen LogP contribution in [0, 0.1) is 13.8 Å². The summed E-state index contributed by atoms with van der Waals surface area (Å²) in [6.45, 7) is 5.60. The lowest BCUT2D eigenvalue weighted by molar-refractivity contribution is 0.100. The molecule has 2 unspecified atom stereocenters. The van der Waals surface area contributed by atoms with Gasteiger partial charge in [0.05, 0.1) is 13.2 Å². The van der Waals surface area contributed by atoms with Gasteiger partial charge >= 0.3 is 0 Å². The maximum atomic E-state index is 6.68. The average molecular weight is 547 g/mol. The van der Waals surface area contributed by atoms with Gasteiger partial charge in [-0.25, -0.2) is 0 Å². The van der Waals surface area contributed by atoms with Crippen molar-refractivity contribution in [3.8, 4) is 0 Å². The summed E-state index contributed by atoms with van der Waals surface area (Å²) in [6, 6.07) is 39.3. The number of fused-ring (bicyclic) bond motifs is 2. The van der Waals surface area contributed by atoms with Crippen LogP contribution in [0.2, 0.25) is 0 Å². The Morgan fingerprint density at radius 3 is 1.19 bits per heavy atom. The second kappa shape index (κ2) is 10.2. The molecule has 0 bridgehead atoms. The summed E-state index contributed by atoms with van der Waals surface area (Å²) in [6.07, 6.45) is 1.92. The first-order chi connectivity index (χ1) is 20.7. The Hall–Kier alpha value is -4.24.